The molecular formula is C16H22O4. The summed E-state index contributed by atoms with van der Waals surface area (Å²) in [5.74, 6) is 0.0340. The Hall–Kier alpha value is -1.55. The molecule has 4 heteroatoms. The Balaban J connectivity index is 2.11. The lowest BCUT2D eigenvalue weighted by atomic mass is 9.81. The van der Waals surface area contributed by atoms with Crippen LogP contribution in [0.1, 0.15) is 43.4 Å². The lowest BCUT2D eigenvalue weighted by Gasteiger charge is -2.28. The van der Waals surface area contributed by atoms with E-state index in [1.165, 1.54) is 7.11 Å². The Morgan fingerprint density at radius 1 is 1.45 bits per heavy atom. The fourth-order valence-electron chi connectivity index (χ4n) is 2.60. The zero-order chi connectivity index (χ0) is 14.5. The van der Waals surface area contributed by atoms with Gasteiger partial charge >= 0.3 is 5.97 Å². The molecule has 20 heavy (non-hydrogen) atoms. The van der Waals surface area contributed by atoms with Crippen molar-refractivity contribution in [1.82, 2.24) is 0 Å². The third-order valence-corrected chi connectivity index (χ3v) is 3.81. The molecule has 2 rings (SSSR count). The molecule has 1 aromatic rings. The van der Waals surface area contributed by atoms with E-state index in [9.17, 15) is 9.90 Å². The molecule has 1 aliphatic carbocycles. The second-order valence-electron chi connectivity index (χ2n) is 5.18. The van der Waals surface area contributed by atoms with Crippen molar-refractivity contribution < 1.29 is 19.4 Å². The first kappa shape index (κ1) is 14.9. The van der Waals surface area contributed by atoms with Crippen molar-refractivity contribution in [3.05, 3.63) is 29.3 Å². The summed E-state index contributed by atoms with van der Waals surface area (Å²) < 4.78 is 10.4. The number of hydrogen-bond donors (Lipinski definition) is 1. The number of methoxy groups -OCH3 is 1. The van der Waals surface area contributed by atoms with Crippen molar-refractivity contribution in [2.75, 3.05) is 13.7 Å². The average molecular weight is 278 g/mol. The molecule has 0 saturated heterocycles. The molecule has 0 amide bonds. The largest absolute Gasteiger partial charge is 0.494 e. The topological polar surface area (TPSA) is 55.8 Å². The van der Waals surface area contributed by atoms with Crippen LogP contribution in [0.4, 0.5) is 0 Å². The maximum Gasteiger partial charge on any atom is 0.311 e. The fraction of sp³-hybridized carbons (Fsp3) is 0.562. The third-order valence-electron chi connectivity index (χ3n) is 3.81. The third kappa shape index (κ3) is 3.12. The zero-order valence-electron chi connectivity index (χ0n) is 12.1. The number of fused-ring (bicyclic) bond motifs is 1. The molecule has 1 aliphatic rings. The van der Waals surface area contributed by atoms with E-state index in [2.05, 4.69) is 6.92 Å². The summed E-state index contributed by atoms with van der Waals surface area (Å²) in [7, 11) is 1.36. The number of unbranched alkanes of at least 4 members (excludes halogenated alkanes) is 1. The van der Waals surface area contributed by atoms with Gasteiger partial charge in [-0.1, -0.05) is 19.4 Å². The summed E-state index contributed by atoms with van der Waals surface area (Å²) in [5, 5.41) is 10.3. The zero-order valence-corrected chi connectivity index (χ0v) is 12.1. The molecule has 110 valence electrons. The minimum absolute atomic E-state index is 0.341. The van der Waals surface area contributed by atoms with E-state index in [4.69, 9.17) is 9.47 Å². The number of ether oxygens (including phenoxy) is 2. The van der Waals surface area contributed by atoms with E-state index in [-0.39, 0.29) is 5.97 Å². The van der Waals surface area contributed by atoms with Gasteiger partial charge in [0.05, 0.1) is 25.7 Å². The summed E-state index contributed by atoms with van der Waals surface area (Å²) >= 11 is 0. The van der Waals surface area contributed by atoms with Gasteiger partial charge in [-0.25, -0.2) is 0 Å². The van der Waals surface area contributed by atoms with Gasteiger partial charge in [-0.05, 0) is 42.5 Å². The Morgan fingerprint density at radius 3 is 2.95 bits per heavy atom. The summed E-state index contributed by atoms with van der Waals surface area (Å²) in [6, 6.07) is 5.69. The van der Waals surface area contributed by atoms with Crippen LogP contribution in [0.25, 0.3) is 0 Å². The molecule has 0 radical (unpaired) electrons. The highest BCUT2D eigenvalue weighted by Crippen LogP contribution is 2.36. The predicted octanol–water partition coefficient (Wildman–Crippen LogP) is 2.63. The Morgan fingerprint density at radius 2 is 2.25 bits per heavy atom. The van der Waals surface area contributed by atoms with Crippen LogP contribution in [0.2, 0.25) is 0 Å². The number of aliphatic hydroxyl groups is 1. The van der Waals surface area contributed by atoms with E-state index < -0.39 is 12.0 Å². The number of benzene rings is 1. The average Bonchev–Trinajstić information content (AvgIpc) is 2.47. The van der Waals surface area contributed by atoms with Crippen molar-refractivity contribution >= 4 is 5.97 Å². The molecule has 0 spiro atoms. The molecule has 0 aromatic heterocycles. The van der Waals surface area contributed by atoms with Crippen LogP contribution in [0.5, 0.6) is 5.75 Å². The van der Waals surface area contributed by atoms with E-state index >= 15 is 0 Å². The van der Waals surface area contributed by atoms with Gasteiger partial charge in [-0.3, -0.25) is 4.79 Å². The van der Waals surface area contributed by atoms with Crippen LogP contribution in [-0.4, -0.2) is 24.8 Å². The van der Waals surface area contributed by atoms with Gasteiger partial charge in [-0.2, -0.15) is 0 Å². The van der Waals surface area contributed by atoms with Crippen molar-refractivity contribution in [3.8, 4) is 5.75 Å². The van der Waals surface area contributed by atoms with E-state index in [1.54, 1.807) is 0 Å². The first-order chi connectivity index (χ1) is 9.67. The molecule has 0 heterocycles. The number of aryl methyl sites for hydroxylation is 1. The Labute approximate surface area is 119 Å². The number of carbonyl (C=O) groups is 1. The van der Waals surface area contributed by atoms with Crippen LogP contribution in [-0.2, 0) is 16.0 Å². The smallest absolute Gasteiger partial charge is 0.311 e. The highest BCUT2D eigenvalue weighted by Gasteiger charge is 2.33. The van der Waals surface area contributed by atoms with Gasteiger partial charge in [0.1, 0.15) is 5.75 Å². The monoisotopic (exact) mass is 278 g/mol. The second-order valence-corrected chi connectivity index (χ2v) is 5.18. The molecular weight excluding hydrogens is 256 g/mol. The molecule has 0 aliphatic heterocycles. The van der Waals surface area contributed by atoms with E-state index in [0.29, 0.717) is 13.0 Å². The number of esters is 1. The number of aliphatic hydroxyl groups excluding tert-OH is 1. The van der Waals surface area contributed by atoms with Crippen LogP contribution >= 0.6 is 0 Å². The van der Waals surface area contributed by atoms with Crippen LogP contribution in [0, 0.1) is 5.92 Å². The Bertz CT molecular complexity index is 470. The Kier molecular flexibility index (Phi) is 5.01. The second kappa shape index (κ2) is 6.75. The summed E-state index contributed by atoms with van der Waals surface area (Å²) in [4.78, 5) is 11.6. The number of hydrogen-bond acceptors (Lipinski definition) is 4. The van der Waals surface area contributed by atoms with E-state index in [0.717, 1.165) is 36.1 Å². The fourth-order valence-corrected chi connectivity index (χ4v) is 2.60. The SMILES string of the molecule is CCCCOc1ccc2c(c1)CCC(C(=O)OC)C2O. The van der Waals surface area contributed by atoms with Crippen LogP contribution in [0.3, 0.4) is 0 Å². The van der Waals surface area contributed by atoms with Crippen LogP contribution < -0.4 is 4.74 Å². The van der Waals surface area contributed by atoms with Gasteiger partial charge in [-0.15, -0.1) is 0 Å². The van der Waals surface area contributed by atoms with Crippen LogP contribution in [0.15, 0.2) is 18.2 Å². The lowest BCUT2D eigenvalue weighted by molar-refractivity contribution is -0.150. The standard InChI is InChI=1S/C16H22O4/c1-3-4-9-20-12-6-8-13-11(10-12)5-7-14(15(13)17)16(18)19-2/h6,8,10,14-15,17H,3-5,7,9H2,1-2H3. The van der Waals surface area contributed by atoms with Gasteiger partial charge in [0.15, 0.2) is 0 Å². The predicted molar refractivity (Wildman–Crippen MR) is 75.6 cm³/mol. The first-order valence-electron chi connectivity index (χ1n) is 7.19. The lowest BCUT2D eigenvalue weighted by Crippen LogP contribution is -2.28. The summed E-state index contributed by atoms with van der Waals surface area (Å²) in [6.07, 6.45) is 2.72. The highest BCUT2D eigenvalue weighted by molar-refractivity contribution is 5.74. The highest BCUT2D eigenvalue weighted by atomic mass is 16.5. The number of carbonyl (C=O) groups excluding carboxylic acids is 1. The molecule has 1 aromatic carbocycles. The molecule has 4 nitrogen and oxygen atoms in total. The van der Waals surface area contributed by atoms with Gasteiger partial charge in [0.25, 0.3) is 0 Å². The van der Waals surface area contributed by atoms with Gasteiger partial charge in [0.2, 0.25) is 0 Å². The van der Waals surface area contributed by atoms with Gasteiger partial charge < -0.3 is 14.6 Å². The van der Waals surface area contributed by atoms with Crippen molar-refractivity contribution in [2.45, 2.75) is 38.7 Å². The summed E-state index contributed by atoms with van der Waals surface area (Å²) in [5.41, 5.74) is 1.88. The summed E-state index contributed by atoms with van der Waals surface area (Å²) in [6.45, 7) is 2.84. The molecule has 0 fully saturated rings. The maximum atomic E-state index is 11.6. The normalized spacial score (nSPS) is 21.1. The molecule has 2 unspecified atom stereocenters. The molecule has 0 saturated carbocycles. The molecule has 1 N–H and O–H groups in total. The van der Waals surface area contributed by atoms with E-state index in [1.807, 2.05) is 18.2 Å². The quantitative estimate of drug-likeness (QED) is 0.664. The minimum Gasteiger partial charge on any atom is -0.494 e. The number of rotatable bonds is 5. The maximum absolute atomic E-state index is 11.6. The first-order valence-corrected chi connectivity index (χ1v) is 7.19. The molecule has 0 bridgehead atoms. The van der Waals surface area contributed by atoms with Crippen molar-refractivity contribution in [3.63, 3.8) is 0 Å². The molecule has 2 atom stereocenters. The van der Waals surface area contributed by atoms with Crippen molar-refractivity contribution in [2.24, 2.45) is 5.92 Å². The van der Waals surface area contributed by atoms with Gasteiger partial charge in [0, 0.05) is 0 Å². The van der Waals surface area contributed by atoms with Crippen molar-refractivity contribution in [1.29, 1.82) is 0 Å². The minimum atomic E-state index is -0.782.